The molecule has 1 aliphatic heterocycles. The summed E-state index contributed by atoms with van der Waals surface area (Å²) in [6.07, 6.45) is 0. The Kier molecular flexibility index (Phi) is 5.41. The van der Waals surface area contributed by atoms with E-state index in [9.17, 15) is 4.79 Å². The summed E-state index contributed by atoms with van der Waals surface area (Å²) in [7, 11) is 0. The first-order chi connectivity index (χ1) is 11.8. The number of rotatable bonds is 3. The Balaban J connectivity index is 0.00000182. The van der Waals surface area contributed by atoms with E-state index in [-0.39, 0.29) is 18.3 Å². The predicted molar refractivity (Wildman–Crippen MR) is 103 cm³/mol. The number of H-pyrrole nitrogens is 1. The third-order valence-electron chi connectivity index (χ3n) is 4.67. The molecule has 4 rings (SSSR count). The van der Waals surface area contributed by atoms with E-state index in [1.807, 2.05) is 41.3 Å². The van der Waals surface area contributed by atoms with Crippen LogP contribution in [-0.2, 0) is 6.54 Å². The Bertz CT molecular complexity index is 805. The maximum absolute atomic E-state index is 12.7. The minimum absolute atomic E-state index is 0. The zero-order chi connectivity index (χ0) is 16.4. The molecule has 25 heavy (non-hydrogen) atoms. The molecule has 1 fully saturated rings. The molecular formula is C20H22ClN3O. The van der Waals surface area contributed by atoms with Crippen molar-refractivity contribution in [3.8, 4) is 0 Å². The molecule has 0 saturated carbocycles. The van der Waals surface area contributed by atoms with Crippen molar-refractivity contribution in [2.45, 2.75) is 6.54 Å². The monoisotopic (exact) mass is 355 g/mol. The summed E-state index contributed by atoms with van der Waals surface area (Å²) in [6.45, 7) is 4.35. The fraction of sp³-hybridized carbons (Fsp3) is 0.250. The maximum Gasteiger partial charge on any atom is 0.270 e. The fourth-order valence-electron chi connectivity index (χ4n) is 3.31. The van der Waals surface area contributed by atoms with Crippen LogP contribution in [0.25, 0.3) is 10.9 Å². The number of carbonyl (C=O) groups excluding carboxylic acids is 1. The minimum atomic E-state index is 0. The van der Waals surface area contributed by atoms with Gasteiger partial charge in [-0.1, -0.05) is 48.5 Å². The Labute approximate surface area is 153 Å². The van der Waals surface area contributed by atoms with E-state index in [0.29, 0.717) is 5.69 Å². The lowest BCUT2D eigenvalue weighted by Gasteiger charge is -2.34. The van der Waals surface area contributed by atoms with Gasteiger partial charge in [-0.15, -0.1) is 12.4 Å². The van der Waals surface area contributed by atoms with Gasteiger partial charge in [0.25, 0.3) is 5.91 Å². The number of aromatic nitrogens is 1. The second-order valence-electron chi connectivity index (χ2n) is 6.32. The highest BCUT2D eigenvalue weighted by Gasteiger charge is 2.23. The highest BCUT2D eigenvalue weighted by Crippen LogP contribution is 2.17. The molecule has 3 aromatic rings. The molecule has 5 heteroatoms. The standard InChI is InChI=1S/C20H21N3O.ClH/c24-20(19-14-17-8-4-5-9-18(17)21-19)23-12-10-22(11-13-23)15-16-6-2-1-3-7-16;/h1-9,14,21H,10-13,15H2;1H. The summed E-state index contributed by atoms with van der Waals surface area (Å²) >= 11 is 0. The molecule has 0 unspecified atom stereocenters. The fourth-order valence-corrected chi connectivity index (χ4v) is 3.31. The lowest BCUT2D eigenvalue weighted by atomic mass is 10.2. The number of carbonyl (C=O) groups is 1. The number of benzene rings is 2. The van der Waals surface area contributed by atoms with Crippen molar-refractivity contribution in [2.75, 3.05) is 26.2 Å². The van der Waals surface area contributed by atoms with E-state index in [1.165, 1.54) is 5.56 Å². The van der Waals surface area contributed by atoms with Crippen molar-refractivity contribution in [2.24, 2.45) is 0 Å². The Morgan fingerprint density at radius 1 is 0.920 bits per heavy atom. The molecular weight excluding hydrogens is 334 g/mol. The van der Waals surface area contributed by atoms with Gasteiger partial charge in [-0.05, 0) is 17.7 Å². The van der Waals surface area contributed by atoms with Gasteiger partial charge in [0.05, 0.1) is 0 Å². The molecule has 0 atom stereocenters. The average molecular weight is 356 g/mol. The van der Waals surface area contributed by atoms with Crippen molar-refractivity contribution in [1.29, 1.82) is 0 Å². The number of fused-ring (bicyclic) bond motifs is 1. The van der Waals surface area contributed by atoms with Crippen LogP contribution in [0.2, 0.25) is 0 Å². The first-order valence-electron chi connectivity index (χ1n) is 8.43. The van der Waals surface area contributed by atoms with Gasteiger partial charge in [-0.25, -0.2) is 0 Å². The van der Waals surface area contributed by atoms with E-state index in [4.69, 9.17) is 0 Å². The number of amides is 1. The smallest absolute Gasteiger partial charge is 0.270 e. The summed E-state index contributed by atoms with van der Waals surface area (Å²) < 4.78 is 0. The number of aromatic amines is 1. The van der Waals surface area contributed by atoms with Crippen LogP contribution in [-0.4, -0.2) is 46.9 Å². The molecule has 130 valence electrons. The highest BCUT2D eigenvalue weighted by atomic mass is 35.5. The number of hydrogen-bond acceptors (Lipinski definition) is 2. The summed E-state index contributed by atoms with van der Waals surface area (Å²) in [5.74, 6) is 0.102. The molecule has 1 aromatic heterocycles. The predicted octanol–water partition coefficient (Wildman–Crippen LogP) is 3.55. The maximum atomic E-state index is 12.7. The minimum Gasteiger partial charge on any atom is -0.351 e. The van der Waals surface area contributed by atoms with Crippen LogP contribution in [0.3, 0.4) is 0 Å². The molecule has 2 heterocycles. The van der Waals surface area contributed by atoms with Crippen LogP contribution in [0.4, 0.5) is 0 Å². The van der Waals surface area contributed by atoms with Crippen LogP contribution >= 0.6 is 12.4 Å². The van der Waals surface area contributed by atoms with Gasteiger partial charge >= 0.3 is 0 Å². The van der Waals surface area contributed by atoms with Gasteiger partial charge < -0.3 is 9.88 Å². The molecule has 1 amide bonds. The van der Waals surface area contributed by atoms with Crippen LogP contribution in [0, 0.1) is 0 Å². The molecule has 0 spiro atoms. The van der Waals surface area contributed by atoms with E-state index in [1.54, 1.807) is 0 Å². The van der Waals surface area contributed by atoms with Crippen LogP contribution in [0.15, 0.2) is 60.7 Å². The Morgan fingerprint density at radius 2 is 1.60 bits per heavy atom. The highest BCUT2D eigenvalue weighted by molar-refractivity contribution is 5.98. The Hall–Kier alpha value is -2.30. The van der Waals surface area contributed by atoms with Gasteiger partial charge in [0.15, 0.2) is 0 Å². The molecule has 4 nitrogen and oxygen atoms in total. The van der Waals surface area contributed by atoms with E-state index in [2.05, 4.69) is 34.1 Å². The molecule has 0 aliphatic carbocycles. The third-order valence-corrected chi connectivity index (χ3v) is 4.67. The average Bonchev–Trinajstić information content (AvgIpc) is 3.07. The van der Waals surface area contributed by atoms with E-state index in [0.717, 1.165) is 43.6 Å². The van der Waals surface area contributed by atoms with Crippen LogP contribution in [0.5, 0.6) is 0 Å². The van der Waals surface area contributed by atoms with Gasteiger partial charge in [-0.2, -0.15) is 0 Å². The SMILES string of the molecule is Cl.O=C(c1cc2ccccc2[nH]1)N1CCN(Cc2ccccc2)CC1. The van der Waals surface area contributed by atoms with Crippen LogP contribution in [0.1, 0.15) is 16.1 Å². The zero-order valence-electron chi connectivity index (χ0n) is 14.0. The number of para-hydroxylation sites is 1. The number of nitrogens with one attached hydrogen (secondary N) is 1. The van der Waals surface area contributed by atoms with E-state index < -0.39 is 0 Å². The number of piperazine rings is 1. The second-order valence-corrected chi connectivity index (χ2v) is 6.32. The zero-order valence-corrected chi connectivity index (χ0v) is 14.8. The summed E-state index contributed by atoms with van der Waals surface area (Å²) in [4.78, 5) is 20.3. The van der Waals surface area contributed by atoms with Gasteiger partial charge in [0.1, 0.15) is 5.69 Å². The number of nitrogens with zero attached hydrogens (tertiary/aromatic N) is 2. The van der Waals surface area contributed by atoms with Crippen molar-refractivity contribution in [3.05, 3.63) is 71.9 Å². The molecule has 0 radical (unpaired) electrons. The van der Waals surface area contributed by atoms with Gasteiger partial charge in [0.2, 0.25) is 0 Å². The van der Waals surface area contributed by atoms with Gasteiger partial charge in [-0.3, -0.25) is 9.69 Å². The first-order valence-corrected chi connectivity index (χ1v) is 8.43. The largest absolute Gasteiger partial charge is 0.351 e. The molecule has 1 aliphatic rings. The molecule has 0 bridgehead atoms. The van der Waals surface area contributed by atoms with Crippen molar-refractivity contribution in [3.63, 3.8) is 0 Å². The van der Waals surface area contributed by atoms with Crippen molar-refractivity contribution < 1.29 is 4.79 Å². The second kappa shape index (κ2) is 7.72. The van der Waals surface area contributed by atoms with Crippen molar-refractivity contribution in [1.82, 2.24) is 14.8 Å². The lowest BCUT2D eigenvalue weighted by Crippen LogP contribution is -2.48. The summed E-state index contributed by atoms with van der Waals surface area (Å²) in [6, 6.07) is 20.5. The first kappa shape index (κ1) is 17.5. The van der Waals surface area contributed by atoms with Crippen LogP contribution < -0.4 is 0 Å². The lowest BCUT2D eigenvalue weighted by molar-refractivity contribution is 0.0623. The normalized spacial score (nSPS) is 15.1. The molecule has 1 saturated heterocycles. The molecule has 2 aromatic carbocycles. The van der Waals surface area contributed by atoms with E-state index >= 15 is 0 Å². The quantitative estimate of drug-likeness (QED) is 0.780. The topological polar surface area (TPSA) is 39.3 Å². The van der Waals surface area contributed by atoms with Gasteiger partial charge in [0, 0.05) is 43.6 Å². The summed E-state index contributed by atoms with van der Waals surface area (Å²) in [5.41, 5.74) is 3.03. The number of halogens is 1. The summed E-state index contributed by atoms with van der Waals surface area (Å²) in [5, 5.41) is 1.09. The third kappa shape index (κ3) is 3.86. The molecule has 1 N–H and O–H groups in total. The number of hydrogen-bond donors (Lipinski definition) is 1. The van der Waals surface area contributed by atoms with Crippen molar-refractivity contribution >= 4 is 29.2 Å². The Morgan fingerprint density at radius 3 is 2.32 bits per heavy atom.